The number of carbonyl (C=O) groups is 3. The van der Waals surface area contributed by atoms with Gasteiger partial charge in [0, 0.05) is 42.3 Å². The lowest BCUT2D eigenvalue weighted by Crippen LogP contribution is -2.46. The summed E-state index contributed by atoms with van der Waals surface area (Å²) in [6.45, 7) is 0.441. The largest absolute Gasteiger partial charge is 0.481 e. The van der Waals surface area contributed by atoms with Crippen molar-refractivity contribution in [2.45, 2.75) is 57.3 Å². The minimum absolute atomic E-state index is 0.0284. The first-order valence-corrected chi connectivity index (χ1v) is 23.9. The molecule has 0 spiro atoms. The summed E-state index contributed by atoms with van der Waals surface area (Å²) in [5.74, 6) is -1.10. The van der Waals surface area contributed by atoms with Crippen molar-refractivity contribution in [3.63, 3.8) is 0 Å². The molecule has 0 saturated carbocycles. The predicted octanol–water partition coefficient (Wildman–Crippen LogP) is 0.453. The topological polar surface area (TPSA) is 364 Å². The first-order chi connectivity index (χ1) is 28.0. The number of anilines is 1. The van der Waals surface area contributed by atoms with E-state index >= 15 is 0 Å². The van der Waals surface area contributed by atoms with E-state index in [4.69, 9.17) is 19.5 Å². The lowest BCUT2D eigenvalue weighted by atomic mass is 9.87. The van der Waals surface area contributed by atoms with Crippen LogP contribution in [0.4, 0.5) is 5.82 Å². The Bertz CT molecular complexity index is 2100. The smallest absolute Gasteiger partial charge is 0.386 e. The van der Waals surface area contributed by atoms with E-state index in [1.165, 1.54) is 13.8 Å². The van der Waals surface area contributed by atoms with E-state index in [-0.39, 0.29) is 47.5 Å². The van der Waals surface area contributed by atoms with Crippen LogP contribution in [0.2, 0.25) is 0 Å². The van der Waals surface area contributed by atoms with E-state index in [0.717, 1.165) is 34.5 Å². The molecule has 29 heteroatoms. The third-order valence-corrected chi connectivity index (χ3v) is 13.2. The molecule has 0 radical (unpaired) electrons. The molecule has 60 heavy (non-hydrogen) atoms. The van der Waals surface area contributed by atoms with Crippen molar-refractivity contribution in [2.24, 2.45) is 11.3 Å². The highest BCUT2D eigenvalue weighted by molar-refractivity contribution is 8.13. The molecule has 1 aliphatic heterocycles. The first-order valence-electron chi connectivity index (χ1n) is 17.7. The fourth-order valence-electron chi connectivity index (χ4n) is 5.52. The number of nitrogens with one attached hydrogen (secondary N) is 2. The molecule has 1 fully saturated rings. The maximum absolute atomic E-state index is 12.7. The molecule has 1 saturated heterocycles. The van der Waals surface area contributed by atoms with Gasteiger partial charge in [0.25, 0.3) is 0 Å². The average Bonchev–Trinajstić information content (AvgIpc) is 3.73. The lowest BCUT2D eigenvalue weighted by Gasteiger charge is -2.30. The number of phosphoric acid groups is 3. The molecule has 1 aromatic carbocycles. The van der Waals surface area contributed by atoms with Gasteiger partial charge < -0.3 is 50.9 Å². The van der Waals surface area contributed by atoms with Gasteiger partial charge in [-0.2, -0.15) is 16.9 Å². The van der Waals surface area contributed by atoms with Gasteiger partial charge in [0.05, 0.1) is 19.5 Å². The molecule has 0 bridgehead atoms. The summed E-state index contributed by atoms with van der Waals surface area (Å²) in [4.78, 5) is 88.6. The third kappa shape index (κ3) is 14.6. The summed E-state index contributed by atoms with van der Waals surface area (Å²) < 4.78 is 62.3. The van der Waals surface area contributed by atoms with E-state index in [1.54, 1.807) is 0 Å². The Morgan fingerprint density at radius 2 is 1.72 bits per heavy atom. The van der Waals surface area contributed by atoms with E-state index in [2.05, 4.69) is 47.0 Å². The van der Waals surface area contributed by atoms with Crippen LogP contribution >= 0.6 is 47.9 Å². The molecule has 8 atom stereocenters. The molecule has 8 unspecified atom stereocenters. The number of aliphatic hydroxyl groups excluding tert-OH is 2. The molecule has 0 aliphatic carbocycles. The Labute approximate surface area is 352 Å². The van der Waals surface area contributed by atoms with Crippen molar-refractivity contribution in [3.05, 3.63) is 48.5 Å². The molecule has 4 rings (SSSR count). The van der Waals surface area contributed by atoms with Crippen molar-refractivity contribution >= 4 is 81.8 Å². The zero-order chi connectivity index (χ0) is 44.5. The van der Waals surface area contributed by atoms with Gasteiger partial charge in [-0.1, -0.05) is 55.9 Å². The van der Waals surface area contributed by atoms with Gasteiger partial charge in [-0.05, 0) is 12.0 Å². The van der Waals surface area contributed by atoms with Gasteiger partial charge in [0.1, 0.15) is 36.3 Å². The Balaban J connectivity index is 1.20. The van der Waals surface area contributed by atoms with Crippen LogP contribution in [0.1, 0.15) is 32.1 Å². The van der Waals surface area contributed by atoms with Crippen LogP contribution in [0.15, 0.2) is 43.0 Å². The van der Waals surface area contributed by atoms with E-state index in [0.29, 0.717) is 17.9 Å². The molecular weight excluding hydrogens is 899 g/mol. The first kappa shape index (κ1) is 49.8. The van der Waals surface area contributed by atoms with Crippen molar-refractivity contribution in [2.75, 3.05) is 43.5 Å². The van der Waals surface area contributed by atoms with Crippen LogP contribution in [0.3, 0.4) is 0 Å². The fraction of sp³-hybridized carbons (Fsp3) is 0.548. The zero-order valence-electron chi connectivity index (χ0n) is 31.9. The van der Waals surface area contributed by atoms with Gasteiger partial charge >= 0.3 is 23.5 Å². The Kier molecular flexibility index (Phi) is 17.8. The quantitative estimate of drug-likeness (QED) is 0.0350. The lowest BCUT2D eigenvalue weighted by molar-refractivity contribution is -0.137. The Morgan fingerprint density at radius 1 is 1.03 bits per heavy atom. The summed E-state index contributed by atoms with van der Waals surface area (Å²) in [5, 5.41) is 26.4. The molecule has 3 aromatic rings. The summed E-state index contributed by atoms with van der Waals surface area (Å²) >= 11 is 5.36. The Hall–Kier alpha value is -2.87. The number of nitrogens with two attached hydrogens (primary N) is 1. The zero-order valence-corrected chi connectivity index (χ0v) is 36.3. The number of phosphoric ester groups is 3. The molecule has 334 valence electrons. The highest BCUT2D eigenvalue weighted by atomic mass is 32.2. The number of imidazole rings is 1. The van der Waals surface area contributed by atoms with E-state index in [1.807, 2.05) is 30.3 Å². The second kappa shape index (κ2) is 21.5. The number of nitrogen functional groups attached to an aromatic ring is 1. The van der Waals surface area contributed by atoms with Crippen molar-refractivity contribution in [3.8, 4) is 0 Å². The fourth-order valence-corrected chi connectivity index (χ4v) is 9.58. The molecule has 2 aromatic heterocycles. The minimum atomic E-state index is -5.58. The minimum Gasteiger partial charge on any atom is -0.386 e. The number of benzene rings is 1. The van der Waals surface area contributed by atoms with Crippen LogP contribution in [-0.4, -0.2) is 128 Å². The second-order valence-electron chi connectivity index (χ2n) is 13.8. The molecule has 24 nitrogen and oxygen atoms in total. The number of fused-ring (bicyclic) bond motifs is 1. The van der Waals surface area contributed by atoms with Gasteiger partial charge in [-0.3, -0.25) is 32.5 Å². The number of hydrogen-bond donors (Lipinski definition) is 10. The van der Waals surface area contributed by atoms with Crippen LogP contribution in [-0.2, 0) is 57.1 Å². The van der Waals surface area contributed by atoms with Gasteiger partial charge in [-0.15, -0.1) is 0 Å². The maximum atomic E-state index is 12.7. The standard InChI is InChI=1S/C31H46N7O17P3S2/c1-31(2,25(41)28(42)34-9-8-21(39)33-10-11-60-30(43)19(14-59)12-18-6-4-3-5-7-18)15-52-58(49,50)55-57(47,48)51-13-20-24(54-56(44,45)46)23(40)29(53-20)38-17-37-22-26(32)35-16-36-27(22)38/h3-7,16-17,19-20,23-25,29,40-41,59H,8-15H2,1-2H3,(H,33,39)(H,34,42)(H,47,48)(H,49,50)(H2,32,35,36)(H2,44,45,46). The molecule has 2 amide bonds. The monoisotopic (exact) mass is 945 g/mol. The molecule has 1 aliphatic rings. The number of thioether (sulfide) groups is 1. The summed E-state index contributed by atoms with van der Waals surface area (Å²) in [6.07, 6.45) is -6.42. The molecule has 10 N–H and O–H groups in total. The van der Waals surface area contributed by atoms with Crippen molar-refractivity contribution in [1.29, 1.82) is 0 Å². The third-order valence-electron chi connectivity index (χ3n) is 8.62. The molecular formula is C31H46N7O17P3S2. The summed E-state index contributed by atoms with van der Waals surface area (Å²) in [6, 6.07) is 9.50. The SMILES string of the molecule is CC(C)(COP(=O)(O)OP(=O)(O)OCC1OC(n2cnc3c(N)ncnc32)C(O)C1OP(=O)(O)O)C(O)C(=O)NCCC(=O)NCCSC(=O)C(CS)Cc1ccccc1. The van der Waals surface area contributed by atoms with E-state index in [9.17, 15) is 57.9 Å². The second-order valence-corrected chi connectivity index (χ2v) is 19.5. The van der Waals surface area contributed by atoms with E-state index < -0.39 is 84.6 Å². The number of thiol groups is 1. The van der Waals surface area contributed by atoms with Crippen LogP contribution < -0.4 is 16.4 Å². The number of rotatable bonds is 23. The molecule has 3 heterocycles. The van der Waals surface area contributed by atoms with Gasteiger partial charge in [-0.25, -0.2) is 28.6 Å². The maximum Gasteiger partial charge on any atom is 0.481 e. The Morgan fingerprint density at radius 3 is 2.38 bits per heavy atom. The highest BCUT2D eigenvalue weighted by Gasteiger charge is 2.50. The van der Waals surface area contributed by atoms with Crippen LogP contribution in [0, 0.1) is 11.3 Å². The number of hydrogen-bond acceptors (Lipinski definition) is 19. The van der Waals surface area contributed by atoms with Crippen molar-refractivity contribution in [1.82, 2.24) is 30.2 Å². The summed E-state index contributed by atoms with van der Waals surface area (Å²) in [5.41, 5.74) is 5.26. The summed E-state index contributed by atoms with van der Waals surface area (Å²) in [7, 11) is -16.4. The highest BCUT2D eigenvalue weighted by Crippen LogP contribution is 2.61. The normalized spacial score (nSPS) is 21.5. The number of nitrogens with zero attached hydrogens (tertiary/aromatic N) is 4. The number of carbonyl (C=O) groups excluding carboxylic acids is 3. The average molecular weight is 946 g/mol. The van der Waals surface area contributed by atoms with Gasteiger partial charge in [0.2, 0.25) is 11.8 Å². The number of ether oxygens (including phenoxy) is 1. The van der Waals surface area contributed by atoms with Gasteiger partial charge in [0.15, 0.2) is 22.8 Å². The number of amides is 2. The van der Waals surface area contributed by atoms with Crippen LogP contribution in [0.5, 0.6) is 0 Å². The predicted molar refractivity (Wildman–Crippen MR) is 215 cm³/mol. The number of aromatic nitrogens is 4. The van der Waals surface area contributed by atoms with Crippen molar-refractivity contribution < 1.29 is 80.5 Å². The number of aliphatic hydroxyl groups is 2. The van der Waals surface area contributed by atoms with Crippen LogP contribution in [0.25, 0.3) is 11.2 Å².